The number of nitriles is 1. The fourth-order valence-corrected chi connectivity index (χ4v) is 5.01. The molecule has 42 heavy (non-hydrogen) atoms. The highest BCUT2D eigenvalue weighted by molar-refractivity contribution is 6.12. The fourth-order valence-electron chi connectivity index (χ4n) is 5.01. The number of ether oxygens (including phenoxy) is 2. The molecule has 10 heteroatoms. The number of carboxylic acid groups (broad SMARTS) is 1. The smallest absolute Gasteiger partial charge is 0.409 e. The molecule has 0 radical (unpaired) electrons. The highest BCUT2D eigenvalue weighted by Gasteiger charge is 2.40. The van der Waals surface area contributed by atoms with Crippen LogP contribution in [0.5, 0.6) is 0 Å². The Labute approximate surface area is 242 Å². The van der Waals surface area contributed by atoms with E-state index in [2.05, 4.69) is 27.4 Å². The summed E-state index contributed by atoms with van der Waals surface area (Å²) in [6.45, 7) is 2.30. The summed E-state index contributed by atoms with van der Waals surface area (Å²) in [7, 11) is 0. The van der Waals surface area contributed by atoms with Crippen LogP contribution in [-0.4, -0.2) is 55.0 Å². The molecule has 0 saturated carbocycles. The van der Waals surface area contributed by atoms with Gasteiger partial charge in [0.2, 0.25) is 5.91 Å². The summed E-state index contributed by atoms with van der Waals surface area (Å²) in [4.78, 5) is 39.5. The van der Waals surface area contributed by atoms with Crippen molar-refractivity contribution < 1.29 is 29.0 Å². The van der Waals surface area contributed by atoms with E-state index in [1.165, 1.54) is 12.1 Å². The zero-order valence-electron chi connectivity index (χ0n) is 22.7. The van der Waals surface area contributed by atoms with Gasteiger partial charge in [0.15, 0.2) is 11.6 Å². The lowest BCUT2D eigenvalue weighted by Gasteiger charge is -2.39. The van der Waals surface area contributed by atoms with E-state index in [0.717, 1.165) is 5.56 Å². The molecule has 2 aliphatic heterocycles. The number of piperidine rings is 1. The minimum Gasteiger partial charge on any atom is -0.465 e. The second-order valence-corrected chi connectivity index (χ2v) is 9.90. The van der Waals surface area contributed by atoms with Gasteiger partial charge in [0, 0.05) is 37.1 Å². The standard InChI is InChI=1S/C32H28N4O6/c33-21-23-7-4-8-25(17-23)29(37)20-30(38)34-26-18-24(10-9-22-5-2-1-3-6-22)28(19-27(26)35-31(39)40)36-13-11-32(12-14-36)41-15-16-42-32/h1-8,17-19,35H,11-16,20H2,(H,34,38)(H,39,40). The third-order valence-electron chi connectivity index (χ3n) is 7.08. The van der Waals surface area contributed by atoms with E-state index in [1.807, 2.05) is 36.4 Å². The van der Waals surface area contributed by atoms with Gasteiger partial charge < -0.3 is 24.8 Å². The number of nitrogens with zero attached hydrogens (tertiary/aromatic N) is 2. The maximum atomic E-state index is 13.0. The summed E-state index contributed by atoms with van der Waals surface area (Å²) < 4.78 is 11.7. The predicted octanol–water partition coefficient (Wildman–Crippen LogP) is 4.60. The van der Waals surface area contributed by atoms with Gasteiger partial charge in [0.05, 0.1) is 53.9 Å². The second kappa shape index (κ2) is 12.6. The van der Waals surface area contributed by atoms with Crippen LogP contribution in [0.15, 0.2) is 66.7 Å². The van der Waals surface area contributed by atoms with E-state index >= 15 is 0 Å². The van der Waals surface area contributed by atoms with Crippen molar-refractivity contribution in [3.05, 3.63) is 89.0 Å². The van der Waals surface area contributed by atoms with E-state index in [9.17, 15) is 19.5 Å². The number of amides is 2. The average Bonchev–Trinajstić information content (AvgIpc) is 3.45. The van der Waals surface area contributed by atoms with E-state index < -0.39 is 30.0 Å². The number of benzene rings is 3. The molecule has 2 fully saturated rings. The van der Waals surface area contributed by atoms with Crippen LogP contribution in [0.25, 0.3) is 0 Å². The molecule has 0 aliphatic carbocycles. The number of ketones is 1. The number of hydrogen-bond donors (Lipinski definition) is 3. The van der Waals surface area contributed by atoms with Gasteiger partial charge in [-0.15, -0.1) is 0 Å². The van der Waals surface area contributed by atoms with Crippen LogP contribution in [0, 0.1) is 23.2 Å². The van der Waals surface area contributed by atoms with Crippen molar-refractivity contribution in [2.75, 3.05) is 41.8 Å². The van der Waals surface area contributed by atoms with E-state index in [-0.39, 0.29) is 16.9 Å². The maximum absolute atomic E-state index is 13.0. The maximum Gasteiger partial charge on any atom is 0.409 e. The molecule has 0 unspecified atom stereocenters. The summed E-state index contributed by atoms with van der Waals surface area (Å²) in [5.41, 5.74) is 2.90. The van der Waals surface area contributed by atoms with Crippen LogP contribution in [0.4, 0.5) is 21.9 Å². The summed E-state index contributed by atoms with van der Waals surface area (Å²) in [5.74, 6) is 4.61. The first-order valence-corrected chi connectivity index (χ1v) is 13.5. The summed E-state index contributed by atoms with van der Waals surface area (Å²) in [5, 5.41) is 23.7. The summed E-state index contributed by atoms with van der Waals surface area (Å²) in [6, 6.07) is 20.7. The third-order valence-corrected chi connectivity index (χ3v) is 7.08. The summed E-state index contributed by atoms with van der Waals surface area (Å²) >= 11 is 0. The largest absolute Gasteiger partial charge is 0.465 e. The Balaban J connectivity index is 1.45. The molecule has 2 amide bonds. The predicted molar refractivity (Wildman–Crippen MR) is 155 cm³/mol. The van der Waals surface area contributed by atoms with Crippen LogP contribution in [0.3, 0.4) is 0 Å². The molecule has 2 saturated heterocycles. The van der Waals surface area contributed by atoms with Crippen molar-refractivity contribution in [1.82, 2.24) is 0 Å². The minimum absolute atomic E-state index is 0.142. The normalized spacial score (nSPS) is 15.3. The van der Waals surface area contributed by atoms with Gasteiger partial charge in [0.25, 0.3) is 0 Å². The Bertz CT molecular complexity index is 1600. The molecule has 1 spiro atoms. The van der Waals surface area contributed by atoms with Crippen LogP contribution in [0.2, 0.25) is 0 Å². The fraction of sp³-hybridized carbons (Fsp3) is 0.250. The number of nitrogens with one attached hydrogen (secondary N) is 2. The Kier molecular flexibility index (Phi) is 8.49. The van der Waals surface area contributed by atoms with Crippen LogP contribution in [-0.2, 0) is 14.3 Å². The van der Waals surface area contributed by atoms with Crippen molar-refractivity contribution in [1.29, 1.82) is 5.26 Å². The first-order valence-electron chi connectivity index (χ1n) is 13.5. The molecule has 3 aromatic rings. The quantitative estimate of drug-likeness (QED) is 0.224. The van der Waals surface area contributed by atoms with Crippen molar-refractivity contribution in [2.24, 2.45) is 0 Å². The van der Waals surface area contributed by atoms with Gasteiger partial charge in [-0.2, -0.15) is 5.26 Å². The molecule has 3 N–H and O–H groups in total. The molecular formula is C32H28N4O6. The van der Waals surface area contributed by atoms with Gasteiger partial charge in [-0.05, 0) is 36.4 Å². The molecule has 5 rings (SSSR count). The van der Waals surface area contributed by atoms with Crippen molar-refractivity contribution >= 4 is 34.8 Å². The molecule has 0 bridgehead atoms. The Morgan fingerprint density at radius 3 is 2.26 bits per heavy atom. The summed E-state index contributed by atoms with van der Waals surface area (Å²) in [6.07, 6.45) is -0.543. The van der Waals surface area contributed by atoms with Crippen molar-refractivity contribution in [3.63, 3.8) is 0 Å². The molecule has 0 aromatic heterocycles. The average molecular weight is 565 g/mol. The Morgan fingerprint density at radius 1 is 0.881 bits per heavy atom. The number of anilines is 3. The van der Waals surface area contributed by atoms with E-state index in [1.54, 1.807) is 24.3 Å². The van der Waals surface area contributed by atoms with Gasteiger partial charge in [-0.1, -0.05) is 42.2 Å². The zero-order valence-corrected chi connectivity index (χ0v) is 22.7. The number of hydrogen-bond acceptors (Lipinski definition) is 7. The zero-order chi connectivity index (χ0) is 29.5. The number of carbonyl (C=O) groups is 3. The monoisotopic (exact) mass is 564 g/mol. The van der Waals surface area contributed by atoms with Crippen molar-refractivity contribution in [3.8, 4) is 17.9 Å². The number of rotatable bonds is 6. The lowest BCUT2D eigenvalue weighted by molar-refractivity contribution is -0.169. The molecule has 3 aromatic carbocycles. The lowest BCUT2D eigenvalue weighted by atomic mass is 10.0. The Morgan fingerprint density at radius 2 is 1.57 bits per heavy atom. The first kappa shape index (κ1) is 28.4. The topological polar surface area (TPSA) is 141 Å². The molecule has 212 valence electrons. The molecular weight excluding hydrogens is 536 g/mol. The Hall–Kier alpha value is -5.16. The molecule has 0 atom stereocenters. The number of carbonyl (C=O) groups excluding carboxylic acids is 2. The molecule has 10 nitrogen and oxygen atoms in total. The number of Topliss-reactive ketones (excluding diaryl/α,β-unsaturated/α-hetero) is 1. The van der Waals surface area contributed by atoms with Crippen LogP contribution in [0.1, 0.15) is 46.3 Å². The van der Waals surface area contributed by atoms with Crippen LogP contribution >= 0.6 is 0 Å². The minimum atomic E-state index is -1.31. The SMILES string of the molecule is N#Cc1cccc(C(=O)CC(=O)Nc2cc(C#Cc3ccccc3)c(N3CCC4(CC3)OCCO4)cc2NC(=O)O)c1. The van der Waals surface area contributed by atoms with E-state index in [0.29, 0.717) is 56.0 Å². The lowest BCUT2D eigenvalue weighted by Crippen LogP contribution is -2.45. The van der Waals surface area contributed by atoms with Crippen LogP contribution < -0.4 is 15.5 Å². The highest BCUT2D eigenvalue weighted by Crippen LogP contribution is 2.37. The van der Waals surface area contributed by atoms with Gasteiger partial charge in [-0.25, -0.2) is 4.79 Å². The van der Waals surface area contributed by atoms with Crippen molar-refractivity contribution in [2.45, 2.75) is 25.0 Å². The van der Waals surface area contributed by atoms with E-state index in [4.69, 9.17) is 14.7 Å². The molecule has 2 aliphatic rings. The van der Waals surface area contributed by atoms with Gasteiger partial charge in [0.1, 0.15) is 0 Å². The third kappa shape index (κ3) is 6.76. The highest BCUT2D eigenvalue weighted by atomic mass is 16.7. The van der Waals surface area contributed by atoms with Gasteiger partial charge in [-0.3, -0.25) is 14.9 Å². The van der Waals surface area contributed by atoms with Gasteiger partial charge >= 0.3 is 6.09 Å². The first-order chi connectivity index (χ1) is 20.3. The second-order valence-electron chi connectivity index (χ2n) is 9.90. The molecule has 2 heterocycles.